The summed E-state index contributed by atoms with van der Waals surface area (Å²) in [5, 5.41) is 0.613. The summed E-state index contributed by atoms with van der Waals surface area (Å²) in [4.78, 5) is 16.5. The number of carbonyl (C=O) groups is 1. The monoisotopic (exact) mass is 459 g/mol. The van der Waals surface area contributed by atoms with E-state index in [9.17, 15) is 4.79 Å². The van der Waals surface area contributed by atoms with Gasteiger partial charge in [-0.3, -0.25) is 0 Å². The van der Waals surface area contributed by atoms with E-state index in [0.29, 0.717) is 46.9 Å². The van der Waals surface area contributed by atoms with Gasteiger partial charge >= 0.3 is 5.97 Å². The third-order valence-electron chi connectivity index (χ3n) is 4.84. The van der Waals surface area contributed by atoms with E-state index in [1.165, 1.54) is 7.11 Å². The summed E-state index contributed by atoms with van der Waals surface area (Å²) in [5.74, 6) is 1.92. The number of oxazole rings is 1. The number of hydrogen-bond donors (Lipinski definition) is 0. The first-order valence-corrected chi connectivity index (χ1v) is 10.5. The number of hydrogen-bond acceptors (Lipinski definition) is 7. The smallest absolute Gasteiger partial charge is 0.335 e. The van der Waals surface area contributed by atoms with Crippen LogP contribution in [0, 0.1) is 6.92 Å². The summed E-state index contributed by atoms with van der Waals surface area (Å²) in [6, 6.07) is 12.7. The molecule has 0 N–H and O–H groups in total. The Morgan fingerprint density at radius 3 is 2.69 bits per heavy atom. The zero-order chi connectivity index (χ0) is 23.1. The summed E-state index contributed by atoms with van der Waals surface area (Å²) in [6.45, 7) is 4.29. The highest BCUT2D eigenvalue weighted by molar-refractivity contribution is 6.30. The number of rotatable bonds is 10. The third-order valence-corrected chi connectivity index (χ3v) is 5.07. The van der Waals surface area contributed by atoms with E-state index in [4.69, 9.17) is 35.0 Å². The van der Waals surface area contributed by atoms with Gasteiger partial charge in [0.15, 0.2) is 6.10 Å². The fraction of sp³-hybridized carbons (Fsp3) is 0.333. The number of methoxy groups -OCH3 is 2. The summed E-state index contributed by atoms with van der Waals surface area (Å²) in [5.41, 5.74) is 2.29. The molecule has 3 aromatic rings. The number of aryl methyl sites for hydroxylation is 1. The molecule has 32 heavy (non-hydrogen) atoms. The largest absolute Gasteiger partial charge is 0.496 e. The predicted octanol–water partition coefficient (Wildman–Crippen LogP) is 5.01. The molecule has 0 bridgehead atoms. The fourth-order valence-corrected chi connectivity index (χ4v) is 3.37. The maximum absolute atomic E-state index is 12.0. The number of aromatic nitrogens is 1. The molecule has 0 saturated heterocycles. The fourth-order valence-electron chi connectivity index (χ4n) is 3.18. The van der Waals surface area contributed by atoms with Gasteiger partial charge in [-0.2, -0.15) is 0 Å². The highest BCUT2D eigenvalue weighted by Crippen LogP contribution is 2.28. The second-order valence-electron chi connectivity index (χ2n) is 6.97. The molecular formula is C24H26ClNO6. The Labute approximate surface area is 192 Å². The van der Waals surface area contributed by atoms with Gasteiger partial charge in [-0.05, 0) is 43.7 Å². The lowest BCUT2D eigenvalue weighted by Crippen LogP contribution is -2.28. The number of benzene rings is 2. The summed E-state index contributed by atoms with van der Waals surface area (Å²) < 4.78 is 27.5. The van der Waals surface area contributed by atoms with E-state index >= 15 is 0 Å². The van der Waals surface area contributed by atoms with Gasteiger partial charge in [-0.25, -0.2) is 9.78 Å². The molecule has 1 heterocycles. The van der Waals surface area contributed by atoms with E-state index in [1.807, 2.05) is 38.1 Å². The van der Waals surface area contributed by atoms with Crippen molar-refractivity contribution >= 4 is 17.6 Å². The minimum absolute atomic E-state index is 0.224. The zero-order valence-corrected chi connectivity index (χ0v) is 19.3. The van der Waals surface area contributed by atoms with Crippen LogP contribution < -0.4 is 9.47 Å². The molecule has 3 rings (SSSR count). The van der Waals surface area contributed by atoms with Gasteiger partial charge in [0, 0.05) is 29.7 Å². The van der Waals surface area contributed by atoms with Gasteiger partial charge in [0.05, 0.1) is 14.2 Å². The Hall–Kier alpha value is -3.03. The minimum atomic E-state index is -0.701. The number of esters is 1. The lowest BCUT2D eigenvalue weighted by Gasteiger charge is -2.17. The second-order valence-corrected chi connectivity index (χ2v) is 7.40. The molecule has 7 nitrogen and oxygen atoms in total. The quantitative estimate of drug-likeness (QED) is 0.394. The van der Waals surface area contributed by atoms with Crippen molar-refractivity contribution in [3.8, 4) is 23.0 Å². The van der Waals surface area contributed by atoms with E-state index in [1.54, 1.807) is 25.3 Å². The standard InChI is InChI=1S/C24H26ClNO6/c1-5-30-22(24(27)29-4)12-16-9-10-19(13-21(16)28-3)31-14-20-15(2)32-23(26-20)17-7-6-8-18(25)11-17/h6-11,13,22H,5,12,14H2,1-4H3/t22-/m0/s1. The Balaban J connectivity index is 1.71. The first kappa shape index (κ1) is 23.6. The topological polar surface area (TPSA) is 80.0 Å². The van der Waals surface area contributed by atoms with E-state index < -0.39 is 12.1 Å². The molecule has 0 aliphatic heterocycles. The van der Waals surface area contributed by atoms with Crippen LogP contribution in [0.25, 0.3) is 11.5 Å². The molecule has 0 radical (unpaired) electrons. The molecule has 2 aromatic carbocycles. The average Bonchev–Trinajstić information content (AvgIpc) is 3.18. The minimum Gasteiger partial charge on any atom is -0.496 e. The first-order valence-electron chi connectivity index (χ1n) is 10.2. The van der Waals surface area contributed by atoms with Gasteiger partial charge < -0.3 is 23.4 Å². The van der Waals surface area contributed by atoms with Gasteiger partial charge in [0.25, 0.3) is 0 Å². The van der Waals surface area contributed by atoms with Gasteiger partial charge in [-0.1, -0.05) is 23.7 Å². The van der Waals surface area contributed by atoms with E-state index in [-0.39, 0.29) is 6.61 Å². The van der Waals surface area contributed by atoms with Gasteiger partial charge in [-0.15, -0.1) is 0 Å². The van der Waals surface area contributed by atoms with E-state index in [2.05, 4.69) is 4.98 Å². The van der Waals surface area contributed by atoms with Crippen molar-refractivity contribution < 1.29 is 28.2 Å². The van der Waals surface area contributed by atoms with Crippen LogP contribution in [0.15, 0.2) is 46.9 Å². The van der Waals surface area contributed by atoms with Crippen molar-refractivity contribution in [2.75, 3.05) is 20.8 Å². The Bertz CT molecular complexity index is 1060. The molecule has 1 atom stereocenters. The maximum atomic E-state index is 12.0. The number of nitrogens with zero attached hydrogens (tertiary/aromatic N) is 1. The van der Waals surface area contributed by atoms with Crippen molar-refractivity contribution in [2.45, 2.75) is 33.0 Å². The summed E-state index contributed by atoms with van der Waals surface area (Å²) in [6.07, 6.45) is -0.372. The Morgan fingerprint density at radius 1 is 1.19 bits per heavy atom. The van der Waals surface area contributed by atoms with Crippen LogP contribution in [0.5, 0.6) is 11.5 Å². The lowest BCUT2D eigenvalue weighted by atomic mass is 10.1. The van der Waals surface area contributed by atoms with E-state index in [0.717, 1.165) is 11.1 Å². The second kappa shape index (κ2) is 11.0. The Kier molecular flexibility index (Phi) is 8.14. The zero-order valence-electron chi connectivity index (χ0n) is 18.5. The summed E-state index contributed by atoms with van der Waals surface area (Å²) in [7, 11) is 2.90. The average molecular weight is 460 g/mol. The predicted molar refractivity (Wildman–Crippen MR) is 120 cm³/mol. The maximum Gasteiger partial charge on any atom is 0.335 e. The van der Waals surface area contributed by atoms with Crippen molar-refractivity contribution in [2.24, 2.45) is 0 Å². The van der Waals surface area contributed by atoms with Gasteiger partial charge in [0.1, 0.15) is 29.6 Å². The molecule has 170 valence electrons. The van der Waals surface area contributed by atoms with Crippen molar-refractivity contribution in [3.63, 3.8) is 0 Å². The SMILES string of the molecule is CCO[C@@H](Cc1ccc(OCc2nc(-c3cccc(Cl)c3)oc2C)cc1OC)C(=O)OC. The molecule has 0 aliphatic carbocycles. The molecule has 0 fully saturated rings. The van der Waals surface area contributed by atoms with Crippen LogP contribution in [0.1, 0.15) is 23.9 Å². The van der Waals surface area contributed by atoms with Crippen LogP contribution in [0.3, 0.4) is 0 Å². The molecular weight excluding hydrogens is 434 g/mol. The van der Waals surface area contributed by atoms with Crippen LogP contribution in [-0.4, -0.2) is 37.9 Å². The molecule has 0 saturated carbocycles. The van der Waals surface area contributed by atoms with Crippen molar-refractivity contribution in [1.29, 1.82) is 0 Å². The van der Waals surface area contributed by atoms with Crippen molar-refractivity contribution in [3.05, 3.63) is 64.5 Å². The highest BCUT2D eigenvalue weighted by Gasteiger charge is 2.22. The normalized spacial score (nSPS) is 11.8. The highest BCUT2D eigenvalue weighted by atomic mass is 35.5. The number of carbonyl (C=O) groups excluding carboxylic acids is 1. The molecule has 0 spiro atoms. The van der Waals surface area contributed by atoms with Crippen LogP contribution in [-0.2, 0) is 27.3 Å². The lowest BCUT2D eigenvalue weighted by molar-refractivity contribution is -0.153. The molecule has 0 aliphatic rings. The molecule has 8 heteroatoms. The number of ether oxygens (including phenoxy) is 4. The Morgan fingerprint density at radius 2 is 2.00 bits per heavy atom. The third kappa shape index (κ3) is 5.81. The number of halogens is 1. The van der Waals surface area contributed by atoms with Crippen LogP contribution >= 0.6 is 11.6 Å². The molecule has 0 amide bonds. The van der Waals surface area contributed by atoms with Crippen LogP contribution in [0.4, 0.5) is 0 Å². The van der Waals surface area contributed by atoms with Crippen LogP contribution in [0.2, 0.25) is 5.02 Å². The molecule has 1 aromatic heterocycles. The van der Waals surface area contributed by atoms with Gasteiger partial charge in [0.2, 0.25) is 5.89 Å². The molecule has 0 unspecified atom stereocenters. The van der Waals surface area contributed by atoms with Crippen molar-refractivity contribution in [1.82, 2.24) is 4.98 Å². The first-order chi connectivity index (χ1) is 15.4. The summed E-state index contributed by atoms with van der Waals surface area (Å²) >= 11 is 6.06.